The first-order valence-electron chi connectivity index (χ1n) is 7.32. The van der Waals surface area contributed by atoms with Gasteiger partial charge in [-0.25, -0.2) is 9.97 Å². The van der Waals surface area contributed by atoms with Gasteiger partial charge in [-0.3, -0.25) is 4.79 Å². The molecule has 2 aromatic rings. The van der Waals surface area contributed by atoms with E-state index in [1.807, 2.05) is 0 Å². The normalized spacial score (nSPS) is 10.4. The maximum absolute atomic E-state index is 12.3. The zero-order valence-electron chi connectivity index (χ0n) is 13.0. The van der Waals surface area contributed by atoms with Gasteiger partial charge in [-0.1, -0.05) is 36.5 Å². The van der Waals surface area contributed by atoms with Gasteiger partial charge in [0.05, 0.1) is 10.7 Å². The summed E-state index contributed by atoms with van der Waals surface area (Å²) in [5, 5.41) is 3.99. The number of carbonyl (C=O) groups is 1. The first kappa shape index (κ1) is 17.5. The highest BCUT2D eigenvalue weighted by Gasteiger charge is 2.14. The number of aromatic nitrogens is 2. The lowest BCUT2D eigenvalue weighted by Crippen LogP contribution is -2.28. The molecular formula is C16H18Cl2N4O. The molecule has 1 aromatic heterocycles. The zero-order valence-corrected chi connectivity index (χ0v) is 14.5. The highest BCUT2D eigenvalue weighted by molar-refractivity contribution is 6.36. The fourth-order valence-corrected chi connectivity index (χ4v) is 2.40. The van der Waals surface area contributed by atoms with Crippen LogP contribution in [0.1, 0.15) is 30.3 Å². The van der Waals surface area contributed by atoms with E-state index in [9.17, 15) is 4.79 Å². The molecule has 0 aliphatic rings. The summed E-state index contributed by atoms with van der Waals surface area (Å²) in [6.07, 6.45) is 3.53. The number of nitrogens with one attached hydrogen (secondary N) is 1. The summed E-state index contributed by atoms with van der Waals surface area (Å²) >= 11 is 12.0. The Hall–Kier alpha value is -1.85. The number of hydrogen-bond donors (Lipinski definition) is 1. The van der Waals surface area contributed by atoms with E-state index in [-0.39, 0.29) is 5.91 Å². The van der Waals surface area contributed by atoms with Gasteiger partial charge in [-0.2, -0.15) is 0 Å². The number of nitrogens with zero attached hydrogens (tertiary/aromatic N) is 3. The van der Waals surface area contributed by atoms with Gasteiger partial charge in [0.1, 0.15) is 5.69 Å². The van der Waals surface area contributed by atoms with E-state index in [0.29, 0.717) is 33.9 Å². The van der Waals surface area contributed by atoms with Crippen LogP contribution in [0.4, 0.5) is 11.6 Å². The number of rotatable bonds is 6. The third kappa shape index (κ3) is 4.81. The minimum atomic E-state index is -0.133. The Balaban J connectivity index is 2.14. The number of unbranched alkanes of at least 4 members (excludes halogenated alkanes) is 1. The smallest absolute Gasteiger partial charge is 0.272 e. The van der Waals surface area contributed by atoms with Gasteiger partial charge in [0, 0.05) is 24.8 Å². The van der Waals surface area contributed by atoms with E-state index < -0.39 is 0 Å². The van der Waals surface area contributed by atoms with Crippen molar-refractivity contribution in [1.82, 2.24) is 14.9 Å². The predicted octanol–water partition coefficient (Wildman–Crippen LogP) is 4.40. The van der Waals surface area contributed by atoms with Crippen LogP contribution in [0, 0.1) is 0 Å². The van der Waals surface area contributed by atoms with Crippen molar-refractivity contribution in [3.05, 3.63) is 46.2 Å². The molecule has 0 radical (unpaired) electrons. The maximum atomic E-state index is 12.3. The van der Waals surface area contributed by atoms with Crippen molar-refractivity contribution in [2.45, 2.75) is 19.8 Å². The molecule has 0 saturated heterocycles. The van der Waals surface area contributed by atoms with Crippen LogP contribution in [0.25, 0.3) is 0 Å². The molecule has 1 aromatic carbocycles. The summed E-state index contributed by atoms with van der Waals surface area (Å²) < 4.78 is 0. The summed E-state index contributed by atoms with van der Waals surface area (Å²) in [6, 6.07) is 6.66. The van der Waals surface area contributed by atoms with Crippen molar-refractivity contribution in [2.24, 2.45) is 0 Å². The topological polar surface area (TPSA) is 58.1 Å². The highest BCUT2D eigenvalue weighted by atomic mass is 35.5. The zero-order chi connectivity index (χ0) is 16.8. The van der Waals surface area contributed by atoms with Crippen molar-refractivity contribution >= 4 is 40.7 Å². The van der Waals surface area contributed by atoms with Crippen LogP contribution in [-0.4, -0.2) is 34.4 Å². The van der Waals surface area contributed by atoms with Gasteiger partial charge in [0.25, 0.3) is 5.91 Å². The van der Waals surface area contributed by atoms with Crippen LogP contribution in [0.3, 0.4) is 0 Å². The molecule has 0 aliphatic heterocycles. The lowest BCUT2D eigenvalue weighted by Gasteiger charge is -2.16. The second kappa shape index (κ2) is 8.13. The molecule has 7 heteroatoms. The lowest BCUT2D eigenvalue weighted by atomic mass is 10.3. The van der Waals surface area contributed by atoms with Crippen LogP contribution in [-0.2, 0) is 0 Å². The molecule has 0 spiro atoms. The molecule has 23 heavy (non-hydrogen) atoms. The monoisotopic (exact) mass is 352 g/mol. The summed E-state index contributed by atoms with van der Waals surface area (Å²) in [7, 11) is 1.77. The average Bonchev–Trinajstić information content (AvgIpc) is 2.55. The molecule has 0 fully saturated rings. The summed E-state index contributed by atoms with van der Waals surface area (Å²) in [4.78, 5) is 22.4. The SMILES string of the molecule is CCCCN(C)C(=O)c1ccnc(Nc2ccc(Cl)cc2Cl)n1. The molecule has 0 atom stereocenters. The minimum Gasteiger partial charge on any atom is -0.340 e. The molecule has 0 bridgehead atoms. The first-order valence-corrected chi connectivity index (χ1v) is 8.07. The Morgan fingerprint density at radius 1 is 1.30 bits per heavy atom. The third-order valence-corrected chi connectivity index (χ3v) is 3.79. The van der Waals surface area contributed by atoms with E-state index in [1.54, 1.807) is 42.4 Å². The van der Waals surface area contributed by atoms with Gasteiger partial charge in [0.15, 0.2) is 0 Å². The molecule has 122 valence electrons. The molecule has 0 aliphatic carbocycles. The second-order valence-corrected chi connectivity index (χ2v) is 5.94. The van der Waals surface area contributed by atoms with E-state index >= 15 is 0 Å². The third-order valence-electron chi connectivity index (χ3n) is 3.25. The van der Waals surface area contributed by atoms with Crippen LogP contribution < -0.4 is 5.32 Å². The minimum absolute atomic E-state index is 0.133. The second-order valence-electron chi connectivity index (χ2n) is 5.09. The van der Waals surface area contributed by atoms with Gasteiger partial charge in [-0.05, 0) is 30.7 Å². The van der Waals surface area contributed by atoms with Crippen molar-refractivity contribution in [3.63, 3.8) is 0 Å². The number of anilines is 2. The molecular weight excluding hydrogens is 335 g/mol. The summed E-state index contributed by atoms with van der Waals surface area (Å²) in [5.41, 5.74) is 0.964. The molecule has 1 heterocycles. The van der Waals surface area contributed by atoms with Crippen molar-refractivity contribution < 1.29 is 4.79 Å². The number of carbonyl (C=O) groups excluding carboxylic acids is 1. The van der Waals surface area contributed by atoms with Crippen molar-refractivity contribution in [2.75, 3.05) is 18.9 Å². The van der Waals surface area contributed by atoms with Gasteiger partial charge in [0.2, 0.25) is 5.95 Å². The Morgan fingerprint density at radius 2 is 2.09 bits per heavy atom. The van der Waals surface area contributed by atoms with Crippen molar-refractivity contribution in [3.8, 4) is 0 Å². The Morgan fingerprint density at radius 3 is 2.78 bits per heavy atom. The van der Waals surface area contributed by atoms with Crippen LogP contribution in [0.2, 0.25) is 10.0 Å². The maximum Gasteiger partial charge on any atom is 0.272 e. The predicted molar refractivity (Wildman–Crippen MR) is 93.6 cm³/mol. The van der Waals surface area contributed by atoms with E-state index in [1.165, 1.54) is 0 Å². The number of halogens is 2. The van der Waals surface area contributed by atoms with E-state index in [0.717, 1.165) is 12.8 Å². The van der Waals surface area contributed by atoms with Crippen LogP contribution in [0.15, 0.2) is 30.5 Å². The molecule has 5 nitrogen and oxygen atoms in total. The molecule has 1 N–H and O–H groups in total. The lowest BCUT2D eigenvalue weighted by molar-refractivity contribution is 0.0787. The highest BCUT2D eigenvalue weighted by Crippen LogP contribution is 2.27. The Bertz CT molecular complexity index is 694. The average molecular weight is 353 g/mol. The Kier molecular flexibility index (Phi) is 6.19. The van der Waals surface area contributed by atoms with Gasteiger partial charge < -0.3 is 10.2 Å². The molecule has 2 rings (SSSR count). The first-order chi connectivity index (χ1) is 11.0. The van der Waals surface area contributed by atoms with Gasteiger partial charge >= 0.3 is 0 Å². The summed E-state index contributed by atoms with van der Waals surface area (Å²) in [5.74, 6) is 0.176. The Labute approximate surface area is 145 Å². The number of amides is 1. The fraction of sp³-hybridized carbons (Fsp3) is 0.312. The van der Waals surface area contributed by atoms with Crippen LogP contribution in [0.5, 0.6) is 0 Å². The largest absolute Gasteiger partial charge is 0.340 e. The standard InChI is InChI=1S/C16H18Cl2N4O/c1-3-4-9-22(2)15(23)14-7-8-19-16(21-14)20-13-6-5-11(17)10-12(13)18/h5-8,10H,3-4,9H2,1-2H3,(H,19,20,21). The molecule has 0 unspecified atom stereocenters. The fourth-order valence-electron chi connectivity index (χ4n) is 1.94. The van der Waals surface area contributed by atoms with Crippen molar-refractivity contribution in [1.29, 1.82) is 0 Å². The number of hydrogen-bond acceptors (Lipinski definition) is 4. The van der Waals surface area contributed by atoms with Crippen LogP contribution >= 0.6 is 23.2 Å². The molecule has 1 amide bonds. The van der Waals surface area contributed by atoms with Gasteiger partial charge in [-0.15, -0.1) is 0 Å². The van der Waals surface area contributed by atoms with E-state index in [2.05, 4.69) is 22.2 Å². The van der Waals surface area contributed by atoms with E-state index in [4.69, 9.17) is 23.2 Å². The number of benzene rings is 1. The quantitative estimate of drug-likeness (QED) is 0.836. The summed E-state index contributed by atoms with van der Waals surface area (Å²) in [6.45, 7) is 2.78. The molecule has 0 saturated carbocycles.